The van der Waals surface area contributed by atoms with E-state index in [2.05, 4.69) is 67.5 Å². The smallest absolute Gasteiger partial charge is 0.0662 e. The van der Waals surface area contributed by atoms with Crippen LogP contribution < -0.4 is 11.1 Å². The molecule has 32 heavy (non-hydrogen) atoms. The van der Waals surface area contributed by atoms with Crippen molar-refractivity contribution in [3.8, 4) is 0 Å². The van der Waals surface area contributed by atoms with Gasteiger partial charge in [-0.1, -0.05) is 36.4 Å². The zero-order chi connectivity index (χ0) is 22.9. The molecule has 0 radical (unpaired) electrons. The average molecular weight is 427 g/mol. The molecule has 3 rings (SSSR count). The van der Waals surface area contributed by atoms with E-state index in [4.69, 9.17) is 10.7 Å². The van der Waals surface area contributed by atoms with Crippen LogP contribution in [0, 0.1) is 0 Å². The van der Waals surface area contributed by atoms with Crippen molar-refractivity contribution in [1.82, 2.24) is 10.3 Å². The number of hydrogen-bond acceptors (Lipinski definition) is 4. The maximum Gasteiger partial charge on any atom is 0.0662 e. The molecule has 3 N–H and O–H groups in total. The second-order valence-corrected chi connectivity index (χ2v) is 7.99. The monoisotopic (exact) mass is 426 g/mol. The molecule has 0 saturated carbocycles. The molecule has 4 heteroatoms. The number of nitrogens with zero attached hydrogens (tertiary/aromatic N) is 2. The van der Waals surface area contributed by atoms with Crippen molar-refractivity contribution in [2.45, 2.75) is 46.5 Å². The Bertz CT molecular complexity index is 1090. The number of benzene rings is 1. The van der Waals surface area contributed by atoms with Gasteiger partial charge in [0.05, 0.1) is 11.4 Å². The Morgan fingerprint density at radius 2 is 2.09 bits per heavy atom. The van der Waals surface area contributed by atoms with Crippen LogP contribution >= 0.6 is 0 Å². The van der Waals surface area contributed by atoms with E-state index in [1.165, 1.54) is 16.8 Å². The van der Waals surface area contributed by atoms with Crippen LogP contribution in [0.2, 0.25) is 0 Å². The molecule has 4 nitrogen and oxygen atoms in total. The summed E-state index contributed by atoms with van der Waals surface area (Å²) in [6, 6.07) is 13.0. The van der Waals surface area contributed by atoms with E-state index in [9.17, 15) is 0 Å². The van der Waals surface area contributed by atoms with Gasteiger partial charge in [0.1, 0.15) is 0 Å². The molecule has 0 spiro atoms. The molecule has 0 bridgehead atoms. The molecule has 1 aromatic carbocycles. The lowest BCUT2D eigenvalue weighted by molar-refractivity contribution is 0.772. The van der Waals surface area contributed by atoms with Crippen molar-refractivity contribution in [3.63, 3.8) is 0 Å². The first kappa shape index (κ1) is 23.3. The summed E-state index contributed by atoms with van der Waals surface area (Å²) in [5.74, 6) is 0.353. The van der Waals surface area contributed by atoms with Gasteiger partial charge < -0.3 is 11.1 Å². The minimum Gasteiger partial charge on any atom is -0.405 e. The van der Waals surface area contributed by atoms with E-state index in [1.807, 2.05) is 37.5 Å². The molecule has 0 saturated heterocycles. The van der Waals surface area contributed by atoms with Gasteiger partial charge in [-0.3, -0.25) is 9.98 Å². The van der Waals surface area contributed by atoms with E-state index < -0.39 is 0 Å². The average Bonchev–Trinajstić information content (AvgIpc) is 3.25. The third-order valence-electron chi connectivity index (χ3n) is 5.83. The lowest BCUT2D eigenvalue weighted by Crippen LogP contribution is -2.09. The van der Waals surface area contributed by atoms with Gasteiger partial charge in [0.15, 0.2) is 0 Å². The fourth-order valence-corrected chi connectivity index (χ4v) is 4.19. The van der Waals surface area contributed by atoms with Crippen LogP contribution in [0.15, 0.2) is 89.4 Å². The fourth-order valence-electron chi connectivity index (χ4n) is 4.19. The first-order valence-electron chi connectivity index (χ1n) is 11.3. The SMILES string of the molecule is C\C=C(/N=C(C)/C(=C/NCC)C(/C)=C/C=C\N)c1cccc(C2CCc3cccnc32)c1. The number of rotatable bonds is 8. The number of aryl methyl sites for hydroxylation is 1. The van der Waals surface area contributed by atoms with E-state index in [0.29, 0.717) is 5.92 Å². The van der Waals surface area contributed by atoms with Crippen molar-refractivity contribution < 1.29 is 0 Å². The summed E-state index contributed by atoms with van der Waals surface area (Å²) in [6.45, 7) is 9.10. The Morgan fingerprint density at radius 1 is 1.25 bits per heavy atom. The number of hydrogen-bond donors (Lipinski definition) is 2. The molecular weight excluding hydrogens is 392 g/mol. The van der Waals surface area contributed by atoms with Crippen LogP contribution in [-0.2, 0) is 6.42 Å². The Labute approximate surface area is 192 Å². The summed E-state index contributed by atoms with van der Waals surface area (Å²) < 4.78 is 0. The first-order valence-corrected chi connectivity index (χ1v) is 11.3. The predicted molar refractivity (Wildman–Crippen MR) is 136 cm³/mol. The predicted octanol–water partition coefficient (Wildman–Crippen LogP) is 5.89. The maximum atomic E-state index is 5.52. The maximum absolute atomic E-state index is 5.52. The number of pyridine rings is 1. The van der Waals surface area contributed by atoms with E-state index in [0.717, 1.165) is 47.5 Å². The Kier molecular flexibility index (Phi) is 8.20. The highest BCUT2D eigenvalue weighted by Crippen LogP contribution is 2.37. The third-order valence-corrected chi connectivity index (χ3v) is 5.83. The summed E-state index contributed by atoms with van der Waals surface area (Å²) in [4.78, 5) is 9.70. The first-order chi connectivity index (χ1) is 15.6. The van der Waals surface area contributed by atoms with Gasteiger partial charge in [-0.15, -0.1) is 0 Å². The summed E-state index contributed by atoms with van der Waals surface area (Å²) in [5, 5.41) is 3.31. The lowest BCUT2D eigenvalue weighted by atomic mass is 9.94. The van der Waals surface area contributed by atoms with Crippen LogP contribution in [-0.4, -0.2) is 17.2 Å². The zero-order valence-electron chi connectivity index (χ0n) is 19.6. The second kappa shape index (κ2) is 11.3. The number of aromatic nitrogens is 1. The molecule has 1 aliphatic carbocycles. The van der Waals surface area contributed by atoms with Gasteiger partial charge in [0, 0.05) is 41.7 Å². The normalized spacial score (nSPS) is 17.7. The number of nitrogens with two attached hydrogens (primary N) is 1. The summed E-state index contributed by atoms with van der Waals surface area (Å²) in [6.07, 6.45) is 13.6. The summed E-state index contributed by atoms with van der Waals surface area (Å²) in [7, 11) is 0. The van der Waals surface area contributed by atoms with E-state index in [-0.39, 0.29) is 0 Å². The van der Waals surface area contributed by atoms with Crippen LogP contribution in [0.1, 0.15) is 62.4 Å². The quantitative estimate of drug-likeness (QED) is 0.408. The van der Waals surface area contributed by atoms with Crippen molar-refractivity contribution in [2.75, 3.05) is 6.54 Å². The molecule has 1 atom stereocenters. The highest BCUT2D eigenvalue weighted by molar-refractivity contribution is 6.04. The van der Waals surface area contributed by atoms with Gasteiger partial charge in [-0.05, 0) is 81.6 Å². The summed E-state index contributed by atoms with van der Waals surface area (Å²) >= 11 is 0. The van der Waals surface area contributed by atoms with Crippen LogP contribution in [0.4, 0.5) is 0 Å². The Balaban J connectivity index is 1.93. The topological polar surface area (TPSA) is 63.3 Å². The van der Waals surface area contributed by atoms with Crippen molar-refractivity contribution >= 4 is 11.4 Å². The van der Waals surface area contributed by atoms with Gasteiger partial charge in [0.2, 0.25) is 0 Å². The third kappa shape index (κ3) is 5.44. The van der Waals surface area contributed by atoms with Gasteiger partial charge in [0.25, 0.3) is 0 Å². The molecule has 166 valence electrons. The molecule has 1 unspecified atom stereocenters. The largest absolute Gasteiger partial charge is 0.405 e. The van der Waals surface area contributed by atoms with Crippen molar-refractivity contribution in [3.05, 3.63) is 107 Å². The van der Waals surface area contributed by atoms with E-state index >= 15 is 0 Å². The molecule has 0 fully saturated rings. The van der Waals surface area contributed by atoms with Crippen LogP contribution in [0.5, 0.6) is 0 Å². The Hall–Kier alpha value is -3.40. The lowest BCUT2D eigenvalue weighted by Gasteiger charge is -2.14. The molecule has 1 heterocycles. The number of fused-ring (bicyclic) bond motifs is 1. The van der Waals surface area contributed by atoms with Crippen molar-refractivity contribution in [1.29, 1.82) is 0 Å². The van der Waals surface area contributed by atoms with Gasteiger partial charge in [-0.25, -0.2) is 0 Å². The number of aliphatic imine (C=N–C) groups is 1. The second-order valence-electron chi connectivity index (χ2n) is 7.99. The van der Waals surface area contributed by atoms with E-state index in [1.54, 1.807) is 6.20 Å². The molecular formula is C28H34N4. The molecule has 1 aromatic heterocycles. The van der Waals surface area contributed by atoms with Gasteiger partial charge >= 0.3 is 0 Å². The highest BCUT2D eigenvalue weighted by atomic mass is 14.8. The van der Waals surface area contributed by atoms with Crippen molar-refractivity contribution in [2.24, 2.45) is 10.7 Å². The minimum atomic E-state index is 0.353. The van der Waals surface area contributed by atoms with Crippen LogP contribution in [0.25, 0.3) is 5.70 Å². The van der Waals surface area contributed by atoms with Gasteiger partial charge in [-0.2, -0.15) is 0 Å². The number of allylic oxidation sites excluding steroid dienone is 5. The van der Waals surface area contributed by atoms with Crippen LogP contribution in [0.3, 0.4) is 0 Å². The Morgan fingerprint density at radius 3 is 2.84 bits per heavy atom. The fraction of sp³-hybridized carbons (Fsp3) is 0.286. The molecule has 0 aliphatic heterocycles. The molecule has 1 aliphatic rings. The minimum absolute atomic E-state index is 0.353. The standard InChI is InChI=1S/C28H34N4/c1-5-27(32-21(4)26(19-30-6-2)20(3)10-8-16-29)24-12-7-11-23(18-24)25-15-14-22-13-9-17-31-28(22)25/h5,7-13,16-19,25,30H,6,14-15,29H2,1-4H3/b16-8-,20-10+,26-19+,27-5-,32-21+. The summed E-state index contributed by atoms with van der Waals surface area (Å²) in [5.41, 5.74) is 14.6. The zero-order valence-corrected chi connectivity index (χ0v) is 19.6. The highest BCUT2D eigenvalue weighted by Gasteiger charge is 2.25. The molecule has 2 aromatic rings. The molecule has 0 amide bonds. The number of nitrogens with one attached hydrogen (secondary N) is 1.